The van der Waals surface area contributed by atoms with Crippen LogP contribution in [0.4, 0.5) is 0 Å². The summed E-state index contributed by atoms with van der Waals surface area (Å²) in [4.78, 5) is 22.8. The van der Waals surface area contributed by atoms with E-state index in [4.69, 9.17) is 25.8 Å². The summed E-state index contributed by atoms with van der Waals surface area (Å²) < 4.78 is 16.3. The van der Waals surface area contributed by atoms with Crippen LogP contribution >= 0.6 is 27.5 Å². The summed E-state index contributed by atoms with van der Waals surface area (Å²) >= 11 is 9.30. The highest BCUT2D eigenvalue weighted by Crippen LogP contribution is 2.28. The van der Waals surface area contributed by atoms with E-state index in [1.807, 2.05) is 0 Å². The Morgan fingerprint density at radius 2 is 1.93 bits per heavy atom. The zero-order valence-electron chi connectivity index (χ0n) is 14.5. The van der Waals surface area contributed by atoms with Crippen LogP contribution in [0.1, 0.15) is 12.5 Å². The molecule has 0 heterocycles. The molecule has 2 rings (SSSR count). The van der Waals surface area contributed by atoms with Gasteiger partial charge >= 0.3 is 5.97 Å². The second-order valence-electron chi connectivity index (χ2n) is 5.16. The molecule has 7 nitrogen and oxygen atoms in total. The summed E-state index contributed by atoms with van der Waals surface area (Å²) in [6.45, 7) is 1.06. The first-order valence-electron chi connectivity index (χ1n) is 7.65. The molecule has 27 heavy (non-hydrogen) atoms. The van der Waals surface area contributed by atoms with E-state index in [9.17, 15) is 9.59 Å². The van der Waals surface area contributed by atoms with Crippen molar-refractivity contribution in [1.82, 2.24) is 5.43 Å². The van der Waals surface area contributed by atoms with E-state index in [-0.39, 0.29) is 6.61 Å². The van der Waals surface area contributed by atoms with Crippen LogP contribution in [0.2, 0.25) is 5.02 Å². The molecule has 0 radical (unpaired) electrons. The fraction of sp³-hybridized carbons (Fsp3) is 0.167. The number of carbonyl (C=O) groups excluding carboxylic acids is 2. The van der Waals surface area contributed by atoms with Gasteiger partial charge in [0, 0.05) is 11.4 Å². The summed E-state index contributed by atoms with van der Waals surface area (Å²) in [5, 5.41) is 4.24. The van der Waals surface area contributed by atoms with E-state index in [0.717, 1.165) is 4.47 Å². The van der Waals surface area contributed by atoms with Crippen LogP contribution in [0.3, 0.4) is 0 Å². The molecule has 0 atom stereocenters. The van der Waals surface area contributed by atoms with Gasteiger partial charge in [-0.1, -0.05) is 27.5 Å². The maximum absolute atomic E-state index is 11.8. The second-order valence-corrected chi connectivity index (χ2v) is 6.48. The molecule has 0 unspecified atom stereocenters. The summed E-state index contributed by atoms with van der Waals surface area (Å²) in [6.07, 6.45) is 1.42. The molecule has 0 bridgehead atoms. The number of halogens is 2. The number of hydrogen-bond donors (Lipinski definition) is 1. The van der Waals surface area contributed by atoms with Crippen molar-refractivity contribution >= 4 is 45.6 Å². The standard InChI is InChI=1S/C18H16BrClN2O5/c1-11(23)27-16-5-3-12(7-17(16)25-2)9-21-22-18(24)10-26-15-6-4-13(19)8-14(15)20/h3-9H,10H2,1-2H3,(H,22,24)/b21-9+. The predicted octanol–water partition coefficient (Wildman–Crippen LogP) is 3.57. The smallest absolute Gasteiger partial charge is 0.308 e. The Kier molecular flexibility index (Phi) is 7.63. The maximum Gasteiger partial charge on any atom is 0.308 e. The average Bonchev–Trinajstić information content (AvgIpc) is 2.61. The van der Waals surface area contributed by atoms with E-state index in [1.54, 1.807) is 36.4 Å². The molecule has 0 fully saturated rings. The number of amides is 1. The summed E-state index contributed by atoms with van der Waals surface area (Å²) in [7, 11) is 1.45. The fourth-order valence-electron chi connectivity index (χ4n) is 1.95. The summed E-state index contributed by atoms with van der Waals surface area (Å²) in [6, 6.07) is 9.92. The lowest BCUT2D eigenvalue weighted by Gasteiger charge is -2.08. The van der Waals surface area contributed by atoms with Gasteiger partial charge in [0.25, 0.3) is 5.91 Å². The van der Waals surface area contributed by atoms with Crippen molar-refractivity contribution in [3.05, 3.63) is 51.5 Å². The minimum atomic E-state index is -0.451. The molecule has 2 aromatic rings. The van der Waals surface area contributed by atoms with Gasteiger partial charge in [0.2, 0.25) is 0 Å². The van der Waals surface area contributed by atoms with Gasteiger partial charge in [-0.3, -0.25) is 9.59 Å². The fourth-order valence-corrected chi connectivity index (χ4v) is 2.68. The molecule has 0 aliphatic carbocycles. The molecule has 142 valence electrons. The Hall–Kier alpha value is -2.58. The SMILES string of the molecule is COc1cc(/C=N/NC(=O)COc2ccc(Br)cc2Cl)ccc1OC(C)=O. The van der Waals surface area contributed by atoms with Crippen LogP contribution in [0.25, 0.3) is 0 Å². The van der Waals surface area contributed by atoms with Gasteiger partial charge in [-0.25, -0.2) is 5.43 Å². The Bertz CT molecular complexity index is 873. The quantitative estimate of drug-likeness (QED) is 0.299. The summed E-state index contributed by atoms with van der Waals surface area (Å²) in [5.74, 6) is 0.158. The van der Waals surface area contributed by atoms with Crippen LogP contribution in [0.5, 0.6) is 17.2 Å². The molecule has 1 N–H and O–H groups in total. The second kappa shape index (κ2) is 9.94. The third kappa shape index (κ3) is 6.58. The first kappa shape index (κ1) is 20.7. The zero-order chi connectivity index (χ0) is 19.8. The highest BCUT2D eigenvalue weighted by molar-refractivity contribution is 9.10. The van der Waals surface area contributed by atoms with Crippen LogP contribution < -0.4 is 19.6 Å². The lowest BCUT2D eigenvalue weighted by molar-refractivity contribution is -0.132. The third-order valence-corrected chi connectivity index (χ3v) is 3.89. The number of methoxy groups -OCH3 is 1. The number of esters is 1. The molecule has 0 saturated carbocycles. The molecule has 0 aromatic heterocycles. The van der Waals surface area contributed by atoms with Crippen molar-refractivity contribution in [2.75, 3.05) is 13.7 Å². The van der Waals surface area contributed by atoms with E-state index in [0.29, 0.717) is 27.8 Å². The minimum absolute atomic E-state index is 0.243. The molecule has 0 spiro atoms. The Labute approximate surface area is 169 Å². The highest BCUT2D eigenvalue weighted by atomic mass is 79.9. The normalized spacial score (nSPS) is 10.5. The molecular formula is C18H16BrClN2O5. The number of hydrazone groups is 1. The predicted molar refractivity (Wildman–Crippen MR) is 105 cm³/mol. The number of carbonyl (C=O) groups is 2. The molecular weight excluding hydrogens is 440 g/mol. The number of benzene rings is 2. The Morgan fingerprint density at radius 3 is 2.59 bits per heavy atom. The molecule has 0 aliphatic heterocycles. The van der Waals surface area contributed by atoms with Crippen molar-refractivity contribution in [2.45, 2.75) is 6.92 Å². The van der Waals surface area contributed by atoms with Gasteiger partial charge in [-0.05, 0) is 42.0 Å². The number of nitrogens with zero attached hydrogens (tertiary/aromatic N) is 1. The molecule has 1 amide bonds. The van der Waals surface area contributed by atoms with Crippen molar-refractivity contribution in [2.24, 2.45) is 5.10 Å². The first-order chi connectivity index (χ1) is 12.9. The van der Waals surface area contributed by atoms with Crippen LogP contribution in [0.15, 0.2) is 46.0 Å². The van der Waals surface area contributed by atoms with Crippen LogP contribution in [-0.2, 0) is 9.59 Å². The van der Waals surface area contributed by atoms with E-state index in [2.05, 4.69) is 26.5 Å². The largest absolute Gasteiger partial charge is 0.493 e. The molecule has 2 aromatic carbocycles. The number of nitrogens with one attached hydrogen (secondary N) is 1. The lowest BCUT2D eigenvalue weighted by atomic mass is 10.2. The zero-order valence-corrected chi connectivity index (χ0v) is 16.8. The van der Waals surface area contributed by atoms with Crippen molar-refractivity contribution in [3.8, 4) is 17.2 Å². The molecule has 0 saturated heterocycles. The summed E-state index contributed by atoms with van der Waals surface area (Å²) in [5.41, 5.74) is 2.98. The first-order valence-corrected chi connectivity index (χ1v) is 8.82. The van der Waals surface area contributed by atoms with E-state index < -0.39 is 11.9 Å². The minimum Gasteiger partial charge on any atom is -0.493 e. The van der Waals surface area contributed by atoms with Gasteiger partial charge in [0.05, 0.1) is 18.3 Å². The number of hydrogen-bond acceptors (Lipinski definition) is 6. The highest BCUT2D eigenvalue weighted by Gasteiger charge is 2.08. The van der Waals surface area contributed by atoms with E-state index >= 15 is 0 Å². The van der Waals surface area contributed by atoms with Crippen LogP contribution in [-0.4, -0.2) is 31.8 Å². The van der Waals surface area contributed by atoms with Crippen molar-refractivity contribution < 1.29 is 23.8 Å². The van der Waals surface area contributed by atoms with Crippen LogP contribution in [0, 0.1) is 0 Å². The van der Waals surface area contributed by atoms with Crippen molar-refractivity contribution in [3.63, 3.8) is 0 Å². The van der Waals surface area contributed by atoms with Gasteiger partial charge in [-0.15, -0.1) is 0 Å². The van der Waals surface area contributed by atoms with Gasteiger partial charge in [-0.2, -0.15) is 5.10 Å². The Morgan fingerprint density at radius 1 is 1.19 bits per heavy atom. The Balaban J connectivity index is 1.90. The molecule has 9 heteroatoms. The molecule has 0 aliphatic rings. The average molecular weight is 456 g/mol. The maximum atomic E-state index is 11.8. The van der Waals surface area contributed by atoms with E-state index in [1.165, 1.54) is 20.2 Å². The van der Waals surface area contributed by atoms with Crippen molar-refractivity contribution in [1.29, 1.82) is 0 Å². The number of ether oxygens (including phenoxy) is 3. The number of rotatable bonds is 7. The monoisotopic (exact) mass is 454 g/mol. The third-order valence-electron chi connectivity index (χ3n) is 3.10. The van der Waals surface area contributed by atoms with Gasteiger partial charge < -0.3 is 14.2 Å². The topological polar surface area (TPSA) is 86.2 Å². The van der Waals surface area contributed by atoms with Gasteiger partial charge in [0.15, 0.2) is 18.1 Å². The lowest BCUT2D eigenvalue weighted by Crippen LogP contribution is -2.24. The van der Waals surface area contributed by atoms with Gasteiger partial charge in [0.1, 0.15) is 5.75 Å².